The van der Waals surface area contributed by atoms with Crippen molar-refractivity contribution in [2.45, 2.75) is 39.8 Å². The predicted molar refractivity (Wildman–Crippen MR) is 92.2 cm³/mol. The highest BCUT2D eigenvalue weighted by Gasteiger charge is 2.21. The summed E-state index contributed by atoms with van der Waals surface area (Å²) in [5.74, 6) is 0.927. The molecule has 0 aliphatic rings. The summed E-state index contributed by atoms with van der Waals surface area (Å²) >= 11 is 6.37. The van der Waals surface area contributed by atoms with Crippen molar-refractivity contribution in [2.75, 3.05) is 11.9 Å². The lowest BCUT2D eigenvalue weighted by atomic mass is 10.2. The molecule has 0 aliphatic carbocycles. The Balaban J connectivity index is 2.15. The van der Waals surface area contributed by atoms with Crippen molar-refractivity contribution in [2.24, 2.45) is 0 Å². The summed E-state index contributed by atoms with van der Waals surface area (Å²) in [5, 5.41) is 0.603. The van der Waals surface area contributed by atoms with E-state index >= 15 is 0 Å². The number of anilines is 1. The Bertz CT molecular complexity index is 704. The number of carbonyl (C=O) groups excluding carboxylic acids is 1. The van der Waals surface area contributed by atoms with Crippen LogP contribution in [0, 0.1) is 6.92 Å². The minimum absolute atomic E-state index is 0.410. The standard InChI is InChI=1S/C17H22ClN3O2/c1-12-19-8-9-21(12)11-13-6-7-14(10-15(13)18)20(5)16(22)23-17(2,3)4/h6-10H,11H2,1-5H3. The van der Waals surface area contributed by atoms with E-state index in [9.17, 15) is 4.79 Å². The van der Waals surface area contributed by atoms with Gasteiger partial charge in [0.15, 0.2) is 0 Å². The third kappa shape index (κ3) is 4.48. The highest BCUT2D eigenvalue weighted by molar-refractivity contribution is 6.31. The van der Waals surface area contributed by atoms with Gasteiger partial charge in [0.1, 0.15) is 11.4 Å². The molecule has 0 saturated heterocycles. The molecule has 0 bridgehead atoms. The molecular formula is C17H22ClN3O2. The summed E-state index contributed by atoms with van der Waals surface area (Å²) in [7, 11) is 1.67. The molecule has 1 heterocycles. The zero-order valence-corrected chi connectivity index (χ0v) is 14.9. The Hall–Kier alpha value is -2.01. The van der Waals surface area contributed by atoms with Crippen molar-refractivity contribution < 1.29 is 9.53 Å². The highest BCUT2D eigenvalue weighted by atomic mass is 35.5. The molecular weight excluding hydrogens is 314 g/mol. The first-order valence-electron chi connectivity index (χ1n) is 7.40. The van der Waals surface area contributed by atoms with Crippen LogP contribution in [0.4, 0.5) is 10.5 Å². The molecule has 5 nitrogen and oxygen atoms in total. The number of aryl methyl sites for hydroxylation is 1. The van der Waals surface area contributed by atoms with Crippen molar-refractivity contribution >= 4 is 23.4 Å². The van der Waals surface area contributed by atoms with Crippen molar-refractivity contribution in [3.8, 4) is 0 Å². The van der Waals surface area contributed by atoms with Crippen molar-refractivity contribution in [1.82, 2.24) is 9.55 Å². The molecule has 1 aromatic carbocycles. The fourth-order valence-corrected chi connectivity index (χ4v) is 2.30. The van der Waals surface area contributed by atoms with Crippen LogP contribution in [0.5, 0.6) is 0 Å². The number of aromatic nitrogens is 2. The third-order valence-electron chi connectivity index (χ3n) is 3.36. The summed E-state index contributed by atoms with van der Waals surface area (Å²) in [5.41, 5.74) is 1.12. The van der Waals surface area contributed by atoms with Crippen LogP contribution in [-0.2, 0) is 11.3 Å². The number of rotatable bonds is 3. The average molecular weight is 336 g/mol. The lowest BCUT2D eigenvalue weighted by molar-refractivity contribution is 0.0589. The fourth-order valence-electron chi connectivity index (χ4n) is 2.06. The van der Waals surface area contributed by atoms with Crippen LogP contribution in [0.1, 0.15) is 32.2 Å². The number of amides is 1. The van der Waals surface area contributed by atoms with E-state index in [1.54, 1.807) is 19.3 Å². The van der Waals surface area contributed by atoms with E-state index in [0.29, 0.717) is 17.3 Å². The molecule has 1 aromatic heterocycles. The third-order valence-corrected chi connectivity index (χ3v) is 3.71. The lowest BCUT2D eigenvalue weighted by Gasteiger charge is -2.25. The molecule has 0 spiro atoms. The maximum Gasteiger partial charge on any atom is 0.414 e. The molecule has 0 unspecified atom stereocenters. The van der Waals surface area contributed by atoms with Crippen LogP contribution in [0.2, 0.25) is 5.02 Å². The lowest BCUT2D eigenvalue weighted by Crippen LogP contribution is -2.34. The molecule has 0 radical (unpaired) electrons. The van der Waals surface area contributed by atoms with E-state index in [0.717, 1.165) is 11.4 Å². The van der Waals surface area contributed by atoms with E-state index in [-0.39, 0.29) is 0 Å². The Labute approximate surface area is 141 Å². The maximum atomic E-state index is 12.1. The second-order valence-electron chi connectivity index (χ2n) is 6.42. The zero-order chi connectivity index (χ0) is 17.2. The summed E-state index contributed by atoms with van der Waals surface area (Å²) in [6, 6.07) is 5.54. The number of carbonyl (C=O) groups is 1. The van der Waals surface area contributed by atoms with Gasteiger partial charge in [0.25, 0.3) is 0 Å². The monoisotopic (exact) mass is 335 g/mol. The van der Waals surface area contributed by atoms with Gasteiger partial charge in [-0.3, -0.25) is 4.90 Å². The first-order valence-corrected chi connectivity index (χ1v) is 7.78. The molecule has 1 amide bonds. The van der Waals surface area contributed by atoms with Gasteiger partial charge >= 0.3 is 6.09 Å². The molecule has 0 aliphatic heterocycles. The van der Waals surface area contributed by atoms with Gasteiger partial charge in [-0.1, -0.05) is 17.7 Å². The number of imidazole rings is 1. The topological polar surface area (TPSA) is 47.4 Å². The average Bonchev–Trinajstić information content (AvgIpc) is 2.84. The van der Waals surface area contributed by atoms with E-state index in [1.165, 1.54) is 4.90 Å². The van der Waals surface area contributed by atoms with Gasteiger partial charge in [-0.25, -0.2) is 9.78 Å². The molecule has 2 aromatic rings. The first-order chi connectivity index (χ1) is 10.7. The van der Waals surface area contributed by atoms with E-state index < -0.39 is 11.7 Å². The zero-order valence-electron chi connectivity index (χ0n) is 14.1. The number of halogens is 1. The van der Waals surface area contributed by atoms with Crippen LogP contribution in [0.15, 0.2) is 30.6 Å². The van der Waals surface area contributed by atoms with Crippen molar-refractivity contribution in [3.05, 3.63) is 47.0 Å². The molecule has 2 rings (SSSR count). The van der Waals surface area contributed by atoms with Gasteiger partial charge in [-0.05, 0) is 45.4 Å². The van der Waals surface area contributed by atoms with Crippen LogP contribution >= 0.6 is 11.6 Å². The number of benzene rings is 1. The van der Waals surface area contributed by atoms with Crippen molar-refractivity contribution in [3.63, 3.8) is 0 Å². The molecule has 0 saturated carbocycles. The van der Waals surface area contributed by atoms with Gasteiger partial charge < -0.3 is 9.30 Å². The summed E-state index contributed by atoms with van der Waals surface area (Å²) in [6.07, 6.45) is 3.26. The minimum atomic E-state index is -0.534. The number of hydrogen-bond donors (Lipinski definition) is 0. The van der Waals surface area contributed by atoms with E-state index in [1.807, 2.05) is 50.6 Å². The van der Waals surface area contributed by atoms with Gasteiger partial charge in [0.2, 0.25) is 0 Å². The van der Waals surface area contributed by atoms with Crippen LogP contribution in [-0.4, -0.2) is 28.3 Å². The summed E-state index contributed by atoms with van der Waals surface area (Å²) in [6.45, 7) is 8.09. The second kappa shape index (κ2) is 6.62. The minimum Gasteiger partial charge on any atom is -0.443 e. The van der Waals surface area contributed by atoms with Gasteiger partial charge in [0, 0.05) is 30.2 Å². The van der Waals surface area contributed by atoms with Crippen molar-refractivity contribution in [1.29, 1.82) is 0 Å². The molecule has 6 heteroatoms. The molecule has 23 heavy (non-hydrogen) atoms. The van der Waals surface area contributed by atoms with Gasteiger partial charge in [-0.2, -0.15) is 0 Å². The Morgan fingerprint density at radius 2 is 2.09 bits per heavy atom. The van der Waals surface area contributed by atoms with Crippen LogP contribution < -0.4 is 4.90 Å². The molecule has 124 valence electrons. The highest BCUT2D eigenvalue weighted by Crippen LogP contribution is 2.25. The maximum absolute atomic E-state index is 12.1. The Morgan fingerprint density at radius 1 is 1.39 bits per heavy atom. The molecule has 0 fully saturated rings. The molecule has 0 atom stereocenters. The smallest absolute Gasteiger partial charge is 0.414 e. The van der Waals surface area contributed by atoms with E-state index in [4.69, 9.17) is 16.3 Å². The second-order valence-corrected chi connectivity index (χ2v) is 6.82. The predicted octanol–water partition coefficient (Wildman–Crippen LogP) is 4.26. The van der Waals surface area contributed by atoms with E-state index in [2.05, 4.69) is 4.98 Å². The fraction of sp³-hybridized carbons (Fsp3) is 0.412. The van der Waals surface area contributed by atoms with Crippen LogP contribution in [0.3, 0.4) is 0 Å². The number of nitrogens with zero attached hydrogens (tertiary/aromatic N) is 3. The van der Waals surface area contributed by atoms with Crippen LogP contribution in [0.25, 0.3) is 0 Å². The Kier molecular flexibility index (Phi) is 5.00. The number of ether oxygens (including phenoxy) is 1. The SMILES string of the molecule is Cc1nccn1Cc1ccc(N(C)C(=O)OC(C)(C)C)cc1Cl. The van der Waals surface area contributed by atoms with Gasteiger partial charge in [-0.15, -0.1) is 0 Å². The first kappa shape index (κ1) is 17.3. The quantitative estimate of drug-likeness (QED) is 0.841. The normalized spacial score (nSPS) is 11.4. The molecule has 0 N–H and O–H groups in total. The Morgan fingerprint density at radius 3 is 2.61 bits per heavy atom. The van der Waals surface area contributed by atoms with Gasteiger partial charge in [0.05, 0.1) is 6.54 Å². The summed E-state index contributed by atoms with van der Waals surface area (Å²) < 4.78 is 7.37. The summed E-state index contributed by atoms with van der Waals surface area (Å²) in [4.78, 5) is 17.7. The largest absolute Gasteiger partial charge is 0.443 e. The number of hydrogen-bond acceptors (Lipinski definition) is 3.